The molecule has 1 aromatic carbocycles. The summed E-state index contributed by atoms with van der Waals surface area (Å²) in [5, 5.41) is 15.7. The van der Waals surface area contributed by atoms with Gasteiger partial charge in [0.05, 0.1) is 31.5 Å². The van der Waals surface area contributed by atoms with Crippen molar-refractivity contribution in [2.24, 2.45) is 5.92 Å². The number of aliphatic hydroxyl groups is 1. The highest BCUT2D eigenvalue weighted by atomic mass is 19.1. The van der Waals surface area contributed by atoms with Crippen LogP contribution in [0.1, 0.15) is 51.0 Å². The highest BCUT2D eigenvalue weighted by Gasteiger charge is 2.35. The first kappa shape index (κ1) is 26.8. The maximum absolute atomic E-state index is 14.4. The molecule has 2 aromatic heterocycles. The molecule has 1 saturated carbocycles. The number of ether oxygens (including phenoxy) is 1. The second-order valence-electron chi connectivity index (χ2n) is 10.8. The number of hydrogen-bond acceptors (Lipinski definition) is 8. The van der Waals surface area contributed by atoms with E-state index in [-0.39, 0.29) is 42.5 Å². The van der Waals surface area contributed by atoms with E-state index in [1.54, 1.807) is 10.8 Å². The molecule has 2 unspecified atom stereocenters. The molecule has 3 fully saturated rings. The highest BCUT2D eigenvalue weighted by Crippen LogP contribution is 2.33. The molecule has 4 heterocycles. The lowest BCUT2D eigenvalue weighted by molar-refractivity contribution is -0.138. The number of hydrogen-bond donors (Lipinski definition) is 3. The molecule has 2 aliphatic heterocycles. The number of halogens is 3. The average molecular weight is 560 g/mol. The molecular weight excluding hydrogens is 527 g/mol. The highest BCUT2D eigenvalue weighted by molar-refractivity contribution is 5.80. The Labute approximate surface area is 228 Å². The third-order valence-electron chi connectivity index (χ3n) is 8.23. The van der Waals surface area contributed by atoms with Crippen LogP contribution in [0.2, 0.25) is 0 Å². The van der Waals surface area contributed by atoms with Gasteiger partial charge in [0, 0.05) is 37.2 Å². The van der Waals surface area contributed by atoms with E-state index >= 15 is 0 Å². The third-order valence-corrected chi connectivity index (χ3v) is 8.23. The Morgan fingerprint density at radius 3 is 2.55 bits per heavy atom. The Bertz CT molecular complexity index is 1370. The van der Waals surface area contributed by atoms with Crippen molar-refractivity contribution in [1.82, 2.24) is 24.4 Å². The van der Waals surface area contributed by atoms with Gasteiger partial charge in [-0.15, -0.1) is 0 Å². The summed E-state index contributed by atoms with van der Waals surface area (Å²) in [4.78, 5) is 28.5. The van der Waals surface area contributed by atoms with E-state index in [2.05, 4.69) is 20.6 Å². The van der Waals surface area contributed by atoms with Crippen molar-refractivity contribution in [3.05, 3.63) is 35.8 Å². The van der Waals surface area contributed by atoms with Gasteiger partial charge in [0.25, 0.3) is 0 Å². The summed E-state index contributed by atoms with van der Waals surface area (Å²) < 4.78 is 49.6. The molecule has 0 spiro atoms. The molecular formula is C27H32F3N7O3. The predicted molar refractivity (Wildman–Crippen MR) is 141 cm³/mol. The number of nitrogens with one attached hydrogen (secondary N) is 2. The van der Waals surface area contributed by atoms with Gasteiger partial charge in [-0.05, 0) is 44.9 Å². The number of amides is 1. The van der Waals surface area contributed by atoms with Crippen LogP contribution in [0.15, 0.2) is 18.3 Å². The molecule has 1 amide bonds. The van der Waals surface area contributed by atoms with Crippen LogP contribution in [0, 0.1) is 23.4 Å². The molecule has 3 aromatic rings. The minimum absolute atomic E-state index is 0.0109. The zero-order valence-corrected chi connectivity index (χ0v) is 22.0. The Morgan fingerprint density at radius 2 is 1.85 bits per heavy atom. The van der Waals surface area contributed by atoms with Crippen molar-refractivity contribution in [2.75, 3.05) is 37.0 Å². The van der Waals surface area contributed by atoms with E-state index in [4.69, 9.17) is 9.72 Å². The van der Waals surface area contributed by atoms with Gasteiger partial charge >= 0.3 is 0 Å². The smallest absolute Gasteiger partial charge is 0.226 e. The van der Waals surface area contributed by atoms with Crippen LogP contribution < -0.4 is 10.6 Å². The average Bonchev–Trinajstić information content (AvgIpc) is 3.70. The van der Waals surface area contributed by atoms with E-state index in [0.29, 0.717) is 55.4 Å². The van der Waals surface area contributed by atoms with E-state index in [9.17, 15) is 23.1 Å². The van der Waals surface area contributed by atoms with Gasteiger partial charge in [0.15, 0.2) is 17.3 Å². The van der Waals surface area contributed by atoms with Gasteiger partial charge in [0.2, 0.25) is 17.8 Å². The number of aromatic nitrogens is 4. The Kier molecular flexibility index (Phi) is 7.49. The second-order valence-corrected chi connectivity index (χ2v) is 10.8. The van der Waals surface area contributed by atoms with Gasteiger partial charge < -0.3 is 25.4 Å². The van der Waals surface area contributed by atoms with Gasteiger partial charge in [0.1, 0.15) is 17.0 Å². The summed E-state index contributed by atoms with van der Waals surface area (Å²) in [6.45, 7) is 1.63. The number of carbonyl (C=O) groups excluding carboxylic acids is 1. The molecule has 1 aliphatic carbocycles. The molecule has 13 heteroatoms. The van der Waals surface area contributed by atoms with Gasteiger partial charge in [-0.3, -0.25) is 9.36 Å². The standard InChI is InChI=1S/C27H32F3N7O3/c28-16-10-20(29)23(21(30)11-16)34-27-33-22-12-31-26(35-24(22)37(27)19-7-9-40-14-19)32-17-5-3-15(4-6-17)25(39)36-8-1-2-18(36)13-38/h10-12,15,17-19,38H,1-9,13-14H2,(H,33,34)(H,31,32,35). The number of carbonyl (C=O) groups is 1. The molecule has 2 saturated heterocycles. The normalized spacial score (nSPS) is 25.1. The number of anilines is 3. The summed E-state index contributed by atoms with van der Waals surface area (Å²) in [5.74, 6) is -2.50. The first-order chi connectivity index (χ1) is 19.4. The lowest BCUT2D eigenvalue weighted by Gasteiger charge is -2.32. The number of nitrogens with zero attached hydrogens (tertiary/aromatic N) is 5. The van der Waals surface area contributed by atoms with Crippen molar-refractivity contribution in [3.8, 4) is 0 Å². The molecule has 40 heavy (non-hydrogen) atoms. The number of benzene rings is 1. The number of aliphatic hydroxyl groups excluding tert-OH is 1. The number of imidazole rings is 1. The van der Waals surface area contributed by atoms with Crippen LogP contribution in [0.25, 0.3) is 11.2 Å². The quantitative estimate of drug-likeness (QED) is 0.399. The predicted octanol–water partition coefficient (Wildman–Crippen LogP) is 3.90. The lowest BCUT2D eigenvalue weighted by atomic mass is 9.85. The van der Waals surface area contributed by atoms with Crippen LogP contribution in [0.5, 0.6) is 0 Å². The molecule has 3 N–H and O–H groups in total. The number of likely N-dealkylation sites (tertiary alicyclic amines) is 1. The Morgan fingerprint density at radius 1 is 1.07 bits per heavy atom. The van der Waals surface area contributed by atoms with Crippen molar-refractivity contribution < 1.29 is 27.8 Å². The lowest BCUT2D eigenvalue weighted by Crippen LogP contribution is -2.43. The maximum Gasteiger partial charge on any atom is 0.226 e. The van der Waals surface area contributed by atoms with Crippen molar-refractivity contribution in [1.29, 1.82) is 0 Å². The SMILES string of the molecule is O=C(C1CCC(Nc2ncc3nc(Nc4c(F)cc(F)cc4F)n(C4CCOC4)c3n2)CC1)N1CCCC1CO. The first-order valence-corrected chi connectivity index (χ1v) is 13.8. The summed E-state index contributed by atoms with van der Waals surface area (Å²) in [6, 6.07) is 1.07. The zero-order chi connectivity index (χ0) is 27.8. The summed E-state index contributed by atoms with van der Waals surface area (Å²) in [5.41, 5.74) is 0.404. The minimum Gasteiger partial charge on any atom is -0.394 e. The van der Waals surface area contributed by atoms with E-state index in [1.807, 2.05) is 4.90 Å². The van der Waals surface area contributed by atoms with Crippen molar-refractivity contribution in [2.45, 2.75) is 63.1 Å². The van der Waals surface area contributed by atoms with Crippen LogP contribution in [-0.2, 0) is 9.53 Å². The molecule has 0 radical (unpaired) electrons. The van der Waals surface area contributed by atoms with Gasteiger partial charge in [-0.25, -0.2) is 23.1 Å². The first-order valence-electron chi connectivity index (χ1n) is 13.8. The fourth-order valence-electron chi connectivity index (χ4n) is 6.11. The molecule has 6 rings (SSSR count). The summed E-state index contributed by atoms with van der Waals surface area (Å²) in [6.07, 6.45) is 7.05. The summed E-state index contributed by atoms with van der Waals surface area (Å²) in [7, 11) is 0. The van der Waals surface area contributed by atoms with E-state index in [0.717, 1.165) is 38.5 Å². The zero-order valence-electron chi connectivity index (χ0n) is 22.0. The Balaban J connectivity index is 1.19. The fourth-order valence-corrected chi connectivity index (χ4v) is 6.11. The van der Waals surface area contributed by atoms with Crippen molar-refractivity contribution >= 4 is 34.7 Å². The minimum atomic E-state index is -1.07. The molecule has 214 valence electrons. The largest absolute Gasteiger partial charge is 0.394 e. The van der Waals surface area contributed by atoms with Crippen molar-refractivity contribution in [3.63, 3.8) is 0 Å². The summed E-state index contributed by atoms with van der Waals surface area (Å²) >= 11 is 0. The molecule has 2 atom stereocenters. The van der Waals surface area contributed by atoms with E-state index in [1.165, 1.54) is 0 Å². The molecule has 0 bridgehead atoms. The van der Waals surface area contributed by atoms with Crippen LogP contribution in [-0.4, -0.2) is 73.9 Å². The van der Waals surface area contributed by atoms with Crippen LogP contribution in [0.3, 0.4) is 0 Å². The Hall–Kier alpha value is -3.45. The van der Waals surface area contributed by atoms with Gasteiger partial charge in [-0.2, -0.15) is 4.98 Å². The fraction of sp³-hybridized carbons (Fsp3) is 0.556. The number of fused-ring (bicyclic) bond motifs is 1. The second kappa shape index (κ2) is 11.2. The van der Waals surface area contributed by atoms with E-state index < -0.39 is 23.1 Å². The third kappa shape index (κ3) is 5.19. The van der Waals surface area contributed by atoms with Gasteiger partial charge in [-0.1, -0.05) is 0 Å². The molecule has 3 aliphatic rings. The topological polar surface area (TPSA) is 117 Å². The molecule has 10 nitrogen and oxygen atoms in total. The maximum atomic E-state index is 14.4. The van der Waals surface area contributed by atoms with Crippen LogP contribution in [0.4, 0.5) is 30.8 Å². The van der Waals surface area contributed by atoms with Crippen LogP contribution >= 0.6 is 0 Å². The monoisotopic (exact) mass is 559 g/mol. The number of rotatable bonds is 7.